The molecule has 0 spiro atoms. The molecule has 4 saturated carbocycles. The summed E-state index contributed by atoms with van der Waals surface area (Å²) in [6, 6.07) is 0. The van der Waals surface area contributed by atoms with E-state index in [1.165, 1.54) is 38.5 Å². The average molecular weight is 348 g/mol. The Kier molecular flexibility index (Phi) is 4.07. The number of carbonyl (C=O) groups is 1. The number of hydrogen-bond acceptors (Lipinski definition) is 2. The first-order chi connectivity index (χ1) is 11.7. The van der Waals surface area contributed by atoms with Gasteiger partial charge >= 0.3 is 0 Å². The Morgan fingerprint density at radius 1 is 1.00 bits per heavy atom. The highest BCUT2D eigenvalue weighted by Crippen LogP contribution is 2.68. The Morgan fingerprint density at radius 2 is 1.72 bits per heavy atom. The smallest absolute Gasteiger partial charge is 0.221 e. The standard InChI is InChI=1S/C22H37NO2/c1-4-22(25)12-11-20(2)14(13-22)5-6-15-16-7-8-18(19(23)24)21(16,3)10-9-17(15)20/h14-18,25H,4-13H2,1-3H3,(H2,23,24)/t14-,15+,16+,17+,18-,20+,21+,22-/m1/s1. The van der Waals surface area contributed by atoms with Gasteiger partial charge in [0.05, 0.1) is 5.60 Å². The van der Waals surface area contributed by atoms with Gasteiger partial charge in [0.2, 0.25) is 5.91 Å². The summed E-state index contributed by atoms with van der Waals surface area (Å²) in [4.78, 5) is 12.0. The van der Waals surface area contributed by atoms with Gasteiger partial charge in [0.25, 0.3) is 0 Å². The van der Waals surface area contributed by atoms with Gasteiger partial charge in [0, 0.05) is 5.92 Å². The van der Waals surface area contributed by atoms with E-state index in [2.05, 4.69) is 20.8 Å². The van der Waals surface area contributed by atoms with Crippen molar-refractivity contribution in [2.45, 2.75) is 90.6 Å². The molecule has 0 heterocycles. The summed E-state index contributed by atoms with van der Waals surface area (Å²) < 4.78 is 0. The van der Waals surface area contributed by atoms with Crippen LogP contribution in [0.15, 0.2) is 0 Å². The SMILES string of the molecule is CC[C@@]1(O)CC[C@@]2(C)[C@H](CC[C@@H]3[C@@H]2CC[C@]2(C)[C@@H](C(N)=O)CC[C@@H]32)C1. The van der Waals surface area contributed by atoms with Crippen LogP contribution in [0.5, 0.6) is 0 Å². The van der Waals surface area contributed by atoms with Gasteiger partial charge in [-0.25, -0.2) is 0 Å². The van der Waals surface area contributed by atoms with E-state index in [0.29, 0.717) is 17.3 Å². The van der Waals surface area contributed by atoms with Crippen LogP contribution in [0.3, 0.4) is 0 Å². The quantitative estimate of drug-likeness (QED) is 0.783. The third-order valence-corrected chi connectivity index (χ3v) is 9.82. The molecule has 1 amide bonds. The fourth-order valence-corrected chi connectivity index (χ4v) is 8.11. The second kappa shape index (κ2) is 5.71. The van der Waals surface area contributed by atoms with Crippen molar-refractivity contribution in [2.24, 2.45) is 46.2 Å². The van der Waals surface area contributed by atoms with Crippen molar-refractivity contribution in [3.8, 4) is 0 Å². The largest absolute Gasteiger partial charge is 0.390 e. The average Bonchev–Trinajstić information content (AvgIpc) is 2.93. The van der Waals surface area contributed by atoms with E-state index in [-0.39, 0.29) is 17.2 Å². The van der Waals surface area contributed by atoms with Crippen LogP contribution < -0.4 is 5.73 Å². The first kappa shape index (κ1) is 17.8. The van der Waals surface area contributed by atoms with Gasteiger partial charge in [-0.15, -0.1) is 0 Å². The summed E-state index contributed by atoms with van der Waals surface area (Å²) in [5.74, 6) is 2.97. The number of amides is 1. The maximum Gasteiger partial charge on any atom is 0.221 e. The lowest BCUT2D eigenvalue weighted by Gasteiger charge is -2.62. The summed E-state index contributed by atoms with van der Waals surface area (Å²) in [7, 11) is 0. The number of carbonyl (C=O) groups excluding carboxylic acids is 1. The Hall–Kier alpha value is -0.570. The monoisotopic (exact) mass is 347 g/mol. The van der Waals surface area contributed by atoms with Crippen LogP contribution in [0.1, 0.15) is 85.0 Å². The topological polar surface area (TPSA) is 63.3 Å². The highest BCUT2D eigenvalue weighted by atomic mass is 16.3. The Balaban J connectivity index is 1.59. The highest BCUT2D eigenvalue weighted by Gasteiger charge is 2.61. The summed E-state index contributed by atoms with van der Waals surface area (Å²) in [5.41, 5.74) is 5.90. The number of fused-ring (bicyclic) bond motifs is 5. The summed E-state index contributed by atoms with van der Waals surface area (Å²) in [6.45, 7) is 7.04. The highest BCUT2D eigenvalue weighted by molar-refractivity contribution is 5.78. The molecule has 0 aliphatic heterocycles. The second-order valence-corrected chi connectivity index (χ2v) is 10.5. The molecule has 25 heavy (non-hydrogen) atoms. The second-order valence-electron chi connectivity index (χ2n) is 10.5. The van der Waals surface area contributed by atoms with Crippen molar-refractivity contribution in [2.75, 3.05) is 0 Å². The molecule has 4 aliphatic rings. The third-order valence-electron chi connectivity index (χ3n) is 9.82. The third kappa shape index (κ3) is 2.44. The molecule has 0 radical (unpaired) electrons. The van der Waals surface area contributed by atoms with Crippen molar-refractivity contribution in [1.29, 1.82) is 0 Å². The Bertz CT molecular complexity index is 562. The van der Waals surface area contributed by atoms with Crippen LogP contribution in [0.25, 0.3) is 0 Å². The zero-order valence-corrected chi connectivity index (χ0v) is 16.4. The molecule has 0 aromatic heterocycles. The normalized spacial score (nSPS) is 55.1. The summed E-state index contributed by atoms with van der Waals surface area (Å²) in [5, 5.41) is 10.9. The van der Waals surface area contributed by atoms with Crippen LogP contribution in [0, 0.1) is 40.4 Å². The zero-order chi connectivity index (χ0) is 18.0. The minimum absolute atomic E-state index is 0.0611. The van der Waals surface area contributed by atoms with Gasteiger partial charge in [-0.05, 0) is 98.7 Å². The van der Waals surface area contributed by atoms with Crippen molar-refractivity contribution in [3.63, 3.8) is 0 Å². The number of rotatable bonds is 2. The molecule has 4 aliphatic carbocycles. The molecule has 0 unspecified atom stereocenters. The van der Waals surface area contributed by atoms with E-state index in [4.69, 9.17) is 5.73 Å². The summed E-state index contributed by atoms with van der Waals surface area (Å²) >= 11 is 0. The maximum absolute atomic E-state index is 12.0. The molecule has 142 valence electrons. The molecular formula is C22H37NO2. The molecule has 0 bridgehead atoms. The van der Waals surface area contributed by atoms with E-state index < -0.39 is 5.60 Å². The van der Waals surface area contributed by atoms with Gasteiger partial charge in [-0.3, -0.25) is 4.79 Å². The first-order valence-electron chi connectivity index (χ1n) is 10.8. The predicted molar refractivity (Wildman–Crippen MR) is 99.7 cm³/mol. The fourth-order valence-electron chi connectivity index (χ4n) is 8.11. The van der Waals surface area contributed by atoms with Gasteiger partial charge in [-0.2, -0.15) is 0 Å². The minimum Gasteiger partial charge on any atom is -0.390 e. The molecule has 0 aromatic rings. The molecule has 4 rings (SSSR count). The van der Waals surface area contributed by atoms with Gasteiger partial charge in [-0.1, -0.05) is 20.8 Å². The molecule has 3 heteroatoms. The lowest BCUT2D eigenvalue weighted by molar-refractivity contribution is -0.154. The molecule has 3 N–H and O–H groups in total. The number of hydrogen-bond donors (Lipinski definition) is 2. The lowest BCUT2D eigenvalue weighted by atomic mass is 9.44. The Labute approximate surface area is 153 Å². The van der Waals surface area contributed by atoms with Gasteiger partial charge in [0.15, 0.2) is 0 Å². The van der Waals surface area contributed by atoms with E-state index in [1.807, 2.05) is 0 Å². The molecule has 4 fully saturated rings. The number of nitrogens with two attached hydrogens (primary N) is 1. The predicted octanol–water partition coefficient (Wildman–Crippen LogP) is 4.27. The van der Waals surface area contributed by atoms with Crippen LogP contribution in [-0.4, -0.2) is 16.6 Å². The van der Waals surface area contributed by atoms with Crippen LogP contribution >= 0.6 is 0 Å². The molecule has 0 aromatic carbocycles. The van der Waals surface area contributed by atoms with Crippen molar-refractivity contribution in [1.82, 2.24) is 0 Å². The molecule has 8 atom stereocenters. The van der Waals surface area contributed by atoms with Crippen molar-refractivity contribution < 1.29 is 9.90 Å². The first-order valence-corrected chi connectivity index (χ1v) is 10.8. The lowest BCUT2D eigenvalue weighted by Crippen LogP contribution is -2.56. The van der Waals surface area contributed by atoms with Gasteiger partial charge in [0.1, 0.15) is 0 Å². The molecular weight excluding hydrogens is 310 g/mol. The van der Waals surface area contributed by atoms with Crippen molar-refractivity contribution >= 4 is 5.91 Å². The summed E-state index contributed by atoms with van der Waals surface area (Å²) in [6.07, 6.45) is 11.3. The van der Waals surface area contributed by atoms with Crippen molar-refractivity contribution in [3.05, 3.63) is 0 Å². The molecule has 0 saturated heterocycles. The molecule has 3 nitrogen and oxygen atoms in total. The number of aliphatic hydroxyl groups is 1. The van der Waals surface area contributed by atoms with Crippen LogP contribution in [0.2, 0.25) is 0 Å². The van der Waals surface area contributed by atoms with Crippen LogP contribution in [0.4, 0.5) is 0 Å². The van der Waals surface area contributed by atoms with E-state index in [9.17, 15) is 9.90 Å². The minimum atomic E-state index is -0.412. The van der Waals surface area contributed by atoms with Crippen LogP contribution in [-0.2, 0) is 4.79 Å². The van der Waals surface area contributed by atoms with E-state index in [1.54, 1.807) is 0 Å². The van der Waals surface area contributed by atoms with E-state index >= 15 is 0 Å². The number of primary amides is 1. The fraction of sp³-hybridized carbons (Fsp3) is 0.955. The zero-order valence-electron chi connectivity index (χ0n) is 16.4. The maximum atomic E-state index is 12.0. The Morgan fingerprint density at radius 3 is 2.40 bits per heavy atom. The van der Waals surface area contributed by atoms with Gasteiger partial charge < -0.3 is 10.8 Å². The van der Waals surface area contributed by atoms with E-state index in [0.717, 1.165) is 37.5 Å².